The molecule has 1 saturated heterocycles. The highest BCUT2D eigenvalue weighted by Crippen LogP contribution is 2.36. The molecule has 0 spiro atoms. The highest BCUT2D eigenvalue weighted by molar-refractivity contribution is 8.07. The molecule has 0 aromatic heterocycles. The van der Waals surface area contributed by atoms with Gasteiger partial charge in [0.15, 0.2) is 0 Å². The number of unbranched alkanes of at least 4 members (excludes halogenated alkanes) is 7. The van der Waals surface area contributed by atoms with E-state index in [2.05, 4.69) is 49.7 Å². The average Bonchev–Trinajstić information content (AvgIpc) is 2.53. The molecule has 3 heteroatoms. The highest BCUT2D eigenvalue weighted by atomic mass is 32.2. The molecule has 1 fully saturated rings. The van der Waals surface area contributed by atoms with Crippen LogP contribution in [0.25, 0.3) is 0 Å². The van der Waals surface area contributed by atoms with E-state index >= 15 is 0 Å². The Labute approximate surface area is 142 Å². The molecule has 126 valence electrons. The third-order valence-corrected chi connectivity index (χ3v) is 8.04. The summed E-state index contributed by atoms with van der Waals surface area (Å²) in [4.78, 5) is 0. The van der Waals surface area contributed by atoms with Crippen LogP contribution in [0.2, 0.25) is 0 Å². The molecule has 0 saturated carbocycles. The van der Waals surface area contributed by atoms with Gasteiger partial charge in [0.25, 0.3) is 0 Å². The van der Waals surface area contributed by atoms with Gasteiger partial charge in [0, 0.05) is 28.0 Å². The van der Waals surface area contributed by atoms with E-state index in [9.17, 15) is 0 Å². The zero-order valence-electron chi connectivity index (χ0n) is 14.5. The summed E-state index contributed by atoms with van der Waals surface area (Å²) in [7, 11) is 2.17. The Morgan fingerprint density at radius 2 is 1.52 bits per heavy atom. The Bertz CT molecular complexity index is 235. The molecule has 3 atom stereocenters. The zero-order valence-corrected chi connectivity index (χ0v) is 16.2. The minimum atomic E-state index is 0.729. The minimum Gasteiger partial charge on any atom is -0.316 e. The van der Waals surface area contributed by atoms with Crippen molar-refractivity contribution < 1.29 is 0 Å². The van der Waals surface area contributed by atoms with Crippen molar-refractivity contribution in [2.24, 2.45) is 0 Å². The molecule has 1 rings (SSSR count). The quantitative estimate of drug-likeness (QED) is 0.458. The Balaban J connectivity index is 2.12. The summed E-state index contributed by atoms with van der Waals surface area (Å²) in [5.41, 5.74) is 0. The monoisotopic (exact) mass is 331 g/mol. The Morgan fingerprint density at radius 3 is 2.14 bits per heavy atom. The molecular weight excluding hydrogens is 294 g/mol. The molecule has 0 aliphatic carbocycles. The lowest BCUT2D eigenvalue weighted by Crippen LogP contribution is -2.43. The van der Waals surface area contributed by atoms with Gasteiger partial charge in [-0.25, -0.2) is 0 Å². The Morgan fingerprint density at radius 1 is 0.905 bits per heavy atom. The van der Waals surface area contributed by atoms with E-state index in [0.717, 1.165) is 16.5 Å². The maximum atomic E-state index is 3.62. The molecule has 1 aliphatic rings. The fourth-order valence-electron chi connectivity index (χ4n) is 3.28. The highest BCUT2D eigenvalue weighted by Gasteiger charge is 2.30. The smallest absolute Gasteiger partial charge is 0.0320 e. The molecule has 0 bridgehead atoms. The molecule has 1 N–H and O–H groups in total. The fourth-order valence-corrected chi connectivity index (χ4v) is 6.63. The first-order valence-corrected chi connectivity index (χ1v) is 11.3. The number of hydrogen-bond acceptors (Lipinski definition) is 3. The summed E-state index contributed by atoms with van der Waals surface area (Å²) < 4.78 is 0. The van der Waals surface area contributed by atoms with Gasteiger partial charge < -0.3 is 5.32 Å². The van der Waals surface area contributed by atoms with Gasteiger partial charge in [0.05, 0.1) is 0 Å². The predicted molar refractivity (Wildman–Crippen MR) is 103 cm³/mol. The lowest BCUT2D eigenvalue weighted by Gasteiger charge is -2.36. The van der Waals surface area contributed by atoms with Crippen LogP contribution in [0.15, 0.2) is 0 Å². The first-order chi connectivity index (χ1) is 10.3. The van der Waals surface area contributed by atoms with E-state index in [0.29, 0.717) is 0 Å². The van der Waals surface area contributed by atoms with Crippen LogP contribution >= 0.6 is 23.5 Å². The third-order valence-electron chi connectivity index (χ3n) is 4.63. The van der Waals surface area contributed by atoms with Crippen molar-refractivity contribution in [2.45, 2.75) is 94.6 Å². The number of rotatable bonds is 12. The first kappa shape index (κ1) is 19.7. The van der Waals surface area contributed by atoms with Crippen LogP contribution in [0.4, 0.5) is 0 Å². The summed E-state index contributed by atoms with van der Waals surface area (Å²) in [6.07, 6.45) is 14.2. The molecule has 1 aliphatic heterocycles. The van der Waals surface area contributed by atoms with E-state index in [1.165, 1.54) is 75.7 Å². The minimum absolute atomic E-state index is 0.729. The fraction of sp³-hybridized carbons (Fsp3) is 1.00. The zero-order chi connectivity index (χ0) is 15.3. The van der Waals surface area contributed by atoms with E-state index in [1.807, 2.05) is 0 Å². The molecular formula is C18H37NS2. The van der Waals surface area contributed by atoms with Crippen LogP contribution in [0.3, 0.4) is 0 Å². The molecule has 1 nitrogen and oxygen atoms in total. The molecule has 21 heavy (non-hydrogen) atoms. The largest absolute Gasteiger partial charge is 0.316 e. The van der Waals surface area contributed by atoms with Crippen molar-refractivity contribution in [1.29, 1.82) is 0 Å². The van der Waals surface area contributed by atoms with Crippen molar-refractivity contribution in [3.05, 3.63) is 0 Å². The summed E-state index contributed by atoms with van der Waals surface area (Å²) in [6.45, 7) is 4.66. The number of hydrogen-bond donors (Lipinski definition) is 1. The standard InChI is InChI=1S/C18H37NS2/c1-4-6-7-8-9-10-11-12-13-16(19-3)18-17(5-2)20-14-15-21-18/h16-19H,4-15H2,1-3H3. The summed E-state index contributed by atoms with van der Waals surface area (Å²) in [5.74, 6) is 2.70. The summed E-state index contributed by atoms with van der Waals surface area (Å²) in [5, 5.41) is 5.33. The van der Waals surface area contributed by atoms with Gasteiger partial charge in [0.1, 0.15) is 0 Å². The first-order valence-electron chi connectivity index (χ1n) is 9.23. The van der Waals surface area contributed by atoms with Crippen LogP contribution in [-0.4, -0.2) is 35.1 Å². The van der Waals surface area contributed by atoms with E-state index in [-0.39, 0.29) is 0 Å². The van der Waals surface area contributed by atoms with Crippen LogP contribution in [0.5, 0.6) is 0 Å². The SMILES string of the molecule is CCCCCCCCCCC(NC)C1SCCSC1CC. The number of nitrogens with one attached hydrogen (secondary N) is 1. The Kier molecular flexibility index (Phi) is 12.3. The molecule has 0 aromatic carbocycles. The topological polar surface area (TPSA) is 12.0 Å². The predicted octanol–water partition coefficient (Wildman–Crippen LogP) is 5.73. The van der Waals surface area contributed by atoms with Gasteiger partial charge in [0.2, 0.25) is 0 Å². The van der Waals surface area contributed by atoms with Crippen LogP contribution in [0, 0.1) is 0 Å². The van der Waals surface area contributed by atoms with E-state index < -0.39 is 0 Å². The normalized spacial score (nSPS) is 24.1. The number of thioether (sulfide) groups is 2. The van der Waals surface area contributed by atoms with Gasteiger partial charge in [-0.3, -0.25) is 0 Å². The van der Waals surface area contributed by atoms with E-state index in [1.54, 1.807) is 0 Å². The Hall–Kier alpha value is 0.660. The second-order valence-corrected chi connectivity index (χ2v) is 8.94. The maximum absolute atomic E-state index is 3.62. The molecule has 0 amide bonds. The van der Waals surface area contributed by atoms with Gasteiger partial charge in [-0.05, 0) is 19.9 Å². The lowest BCUT2D eigenvalue weighted by atomic mass is 10.0. The second kappa shape index (κ2) is 13.1. The molecule has 0 radical (unpaired) electrons. The summed E-state index contributed by atoms with van der Waals surface area (Å²) in [6, 6.07) is 0.729. The summed E-state index contributed by atoms with van der Waals surface area (Å²) >= 11 is 4.43. The molecule has 0 aromatic rings. The van der Waals surface area contributed by atoms with Crippen LogP contribution in [-0.2, 0) is 0 Å². The van der Waals surface area contributed by atoms with Crippen molar-refractivity contribution >= 4 is 23.5 Å². The van der Waals surface area contributed by atoms with Crippen molar-refractivity contribution in [2.75, 3.05) is 18.6 Å². The van der Waals surface area contributed by atoms with Crippen LogP contribution in [0.1, 0.15) is 78.1 Å². The lowest BCUT2D eigenvalue weighted by molar-refractivity contribution is 0.457. The second-order valence-electron chi connectivity index (χ2n) is 6.31. The third kappa shape index (κ3) is 8.18. The van der Waals surface area contributed by atoms with Gasteiger partial charge in [-0.15, -0.1) is 0 Å². The molecule has 1 heterocycles. The van der Waals surface area contributed by atoms with Gasteiger partial charge in [-0.2, -0.15) is 23.5 Å². The van der Waals surface area contributed by atoms with Gasteiger partial charge in [-0.1, -0.05) is 65.2 Å². The van der Waals surface area contributed by atoms with Crippen molar-refractivity contribution in [3.8, 4) is 0 Å². The van der Waals surface area contributed by atoms with Crippen molar-refractivity contribution in [1.82, 2.24) is 5.32 Å². The van der Waals surface area contributed by atoms with Crippen LogP contribution < -0.4 is 5.32 Å². The van der Waals surface area contributed by atoms with E-state index in [4.69, 9.17) is 0 Å². The maximum Gasteiger partial charge on any atom is 0.0320 e. The molecule has 3 unspecified atom stereocenters. The average molecular weight is 332 g/mol. The van der Waals surface area contributed by atoms with Crippen molar-refractivity contribution in [3.63, 3.8) is 0 Å². The van der Waals surface area contributed by atoms with Gasteiger partial charge >= 0.3 is 0 Å².